The van der Waals surface area contributed by atoms with E-state index >= 15 is 0 Å². The van der Waals surface area contributed by atoms with Crippen LogP contribution in [-0.2, 0) is 22.6 Å². The van der Waals surface area contributed by atoms with E-state index in [0.717, 1.165) is 30.3 Å². The second-order valence-electron chi connectivity index (χ2n) is 5.83. The minimum Gasteiger partial charge on any atom is -0.283 e. The second kappa shape index (κ2) is 8.96. The molecule has 28 heavy (non-hydrogen) atoms. The Balaban J connectivity index is 2.41. The molecule has 0 aliphatic carbocycles. The summed E-state index contributed by atoms with van der Waals surface area (Å²) < 4.78 is 92.7. The standard InChI is InChI=1S/C17H14BrClF5NO2S/c18-13-9-11(17(22,23)24)3-2-10(13)8-12-15(5-4-14(20)16(12)21)25-28(26,27)7-1-6-19/h2-5,9,25H,1,6-8H2. The van der Waals surface area contributed by atoms with Crippen molar-refractivity contribution < 1.29 is 30.4 Å². The minimum atomic E-state index is -4.56. The number of benzene rings is 2. The van der Waals surface area contributed by atoms with Gasteiger partial charge in [-0.15, -0.1) is 11.6 Å². The molecule has 0 heterocycles. The van der Waals surface area contributed by atoms with Crippen molar-refractivity contribution in [3.05, 3.63) is 63.1 Å². The van der Waals surface area contributed by atoms with Crippen molar-refractivity contribution >= 4 is 43.2 Å². The lowest BCUT2D eigenvalue weighted by Crippen LogP contribution is -2.19. The molecule has 0 unspecified atom stereocenters. The van der Waals surface area contributed by atoms with Crippen LogP contribution in [0.1, 0.15) is 23.1 Å². The van der Waals surface area contributed by atoms with Crippen LogP contribution in [0.3, 0.4) is 0 Å². The topological polar surface area (TPSA) is 46.2 Å². The third-order valence-corrected chi connectivity index (χ3v) is 6.12. The molecule has 0 aliphatic rings. The van der Waals surface area contributed by atoms with E-state index in [4.69, 9.17) is 11.6 Å². The van der Waals surface area contributed by atoms with Gasteiger partial charge in [0.05, 0.1) is 17.0 Å². The lowest BCUT2D eigenvalue weighted by Gasteiger charge is -2.15. The molecule has 0 aliphatic heterocycles. The van der Waals surface area contributed by atoms with Crippen LogP contribution in [0, 0.1) is 11.6 Å². The Kier molecular flexibility index (Phi) is 7.33. The smallest absolute Gasteiger partial charge is 0.283 e. The number of hydrogen-bond donors (Lipinski definition) is 1. The fourth-order valence-electron chi connectivity index (χ4n) is 2.38. The zero-order valence-electron chi connectivity index (χ0n) is 14.1. The number of halogens is 7. The molecule has 2 rings (SSSR count). The number of nitrogens with one attached hydrogen (secondary N) is 1. The maximum Gasteiger partial charge on any atom is 0.416 e. The Bertz CT molecular complexity index is 967. The van der Waals surface area contributed by atoms with E-state index in [2.05, 4.69) is 20.7 Å². The van der Waals surface area contributed by atoms with E-state index in [1.807, 2.05) is 0 Å². The molecule has 0 aromatic heterocycles. The predicted octanol–water partition coefficient (Wildman–Crippen LogP) is 5.71. The third kappa shape index (κ3) is 5.81. The molecule has 0 amide bonds. The van der Waals surface area contributed by atoms with E-state index in [0.29, 0.717) is 0 Å². The van der Waals surface area contributed by atoms with Crippen LogP contribution in [0.5, 0.6) is 0 Å². The Hall–Kier alpha value is -1.39. The highest BCUT2D eigenvalue weighted by atomic mass is 79.9. The molecule has 0 fully saturated rings. The van der Waals surface area contributed by atoms with Crippen molar-refractivity contribution in [2.45, 2.75) is 19.0 Å². The molecule has 0 atom stereocenters. The third-order valence-electron chi connectivity index (χ3n) is 3.76. The quantitative estimate of drug-likeness (QED) is 0.386. The monoisotopic (exact) mass is 505 g/mol. The van der Waals surface area contributed by atoms with Crippen LogP contribution in [-0.4, -0.2) is 20.1 Å². The first-order chi connectivity index (χ1) is 12.9. The summed E-state index contributed by atoms with van der Waals surface area (Å²) in [5.41, 5.74) is -1.21. The van der Waals surface area contributed by atoms with E-state index in [1.54, 1.807) is 0 Å². The van der Waals surface area contributed by atoms with E-state index in [-0.39, 0.29) is 45.8 Å². The average Bonchev–Trinajstić information content (AvgIpc) is 2.60. The highest BCUT2D eigenvalue weighted by molar-refractivity contribution is 9.10. The van der Waals surface area contributed by atoms with Crippen molar-refractivity contribution in [2.75, 3.05) is 16.4 Å². The zero-order valence-corrected chi connectivity index (χ0v) is 17.2. The summed E-state index contributed by atoms with van der Waals surface area (Å²) in [4.78, 5) is 0. The normalized spacial score (nSPS) is 12.2. The largest absolute Gasteiger partial charge is 0.416 e. The van der Waals surface area contributed by atoms with Crippen molar-refractivity contribution in [1.82, 2.24) is 0 Å². The fraction of sp³-hybridized carbons (Fsp3) is 0.294. The van der Waals surface area contributed by atoms with Crippen LogP contribution in [0.25, 0.3) is 0 Å². The van der Waals surface area contributed by atoms with Gasteiger partial charge in [0.2, 0.25) is 10.0 Å². The molecule has 2 aromatic carbocycles. The summed E-state index contributed by atoms with van der Waals surface area (Å²) in [6.45, 7) is 0. The highest BCUT2D eigenvalue weighted by Crippen LogP contribution is 2.34. The van der Waals surface area contributed by atoms with Crippen LogP contribution >= 0.6 is 27.5 Å². The van der Waals surface area contributed by atoms with Gasteiger partial charge in [-0.05, 0) is 36.2 Å². The molecule has 2 aromatic rings. The van der Waals surface area contributed by atoms with Crippen molar-refractivity contribution in [3.63, 3.8) is 0 Å². The second-order valence-corrected chi connectivity index (χ2v) is 8.91. The fourth-order valence-corrected chi connectivity index (χ4v) is 4.35. The minimum absolute atomic E-state index is 0.0296. The average molecular weight is 507 g/mol. The zero-order chi connectivity index (χ0) is 21.1. The highest BCUT2D eigenvalue weighted by Gasteiger charge is 2.31. The lowest BCUT2D eigenvalue weighted by atomic mass is 10.0. The Morgan fingerprint density at radius 1 is 1.11 bits per heavy atom. The van der Waals surface area contributed by atoms with Gasteiger partial charge in [0, 0.05) is 22.3 Å². The molecule has 11 heteroatoms. The first-order valence-corrected chi connectivity index (χ1v) is 10.8. The Morgan fingerprint density at radius 2 is 1.79 bits per heavy atom. The van der Waals surface area contributed by atoms with Crippen LogP contribution in [0.4, 0.5) is 27.6 Å². The van der Waals surface area contributed by atoms with Crippen LogP contribution < -0.4 is 4.72 Å². The number of anilines is 1. The molecule has 0 spiro atoms. The van der Waals surface area contributed by atoms with Crippen molar-refractivity contribution in [2.24, 2.45) is 0 Å². The molecule has 0 saturated carbocycles. The summed E-state index contributed by atoms with van der Waals surface area (Å²) in [5.74, 6) is -2.71. The van der Waals surface area contributed by atoms with Gasteiger partial charge in [-0.1, -0.05) is 22.0 Å². The van der Waals surface area contributed by atoms with E-state index in [1.165, 1.54) is 0 Å². The van der Waals surface area contributed by atoms with Gasteiger partial charge >= 0.3 is 6.18 Å². The van der Waals surface area contributed by atoms with Crippen molar-refractivity contribution in [1.29, 1.82) is 0 Å². The van der Waals surface area contributed by atoms with Gasteiger partial charge in [-0.25, -0.2) is 17.2 Å². The molecule has 0 radical (unpaired) electrons. The summed E-state index contributed by atoms with van der Waals surface area (Å²) >= 11 is 8.46. The number of sulfonamides is 1. The van der Waals surface area contributed by atoms with E-state index < -0.39 is 33.4 Å². The molecule has 0 bridgehead atoms. The Morgan fingerprint density at radius 3 is 2.36 bits per heavy atom. The summed E-state index contributed by atoms with van der Waals surface area (Å²) in [7, 11) is -3.86. The van der Waals surface area contributed by atoms with E-state index in [9.17, 15) is 30.4 Å². The molecule has 1 N–H and O–H groups in total. The molecular formula is C17H14BrClF5NO2S. The van der Waals surface area contributed by atoms with Gasteiger partial charge in [0.25, 0.3) is 0 Å². The molecule has 154 valence electrons. The van der Waals surface area contributed by atoms with Gasteiger partial charge in [-0.3, -0.25) is 4.72 Å². The molecule has 0 saturated heterocycles. The van der Waals surface area contributed by atoms with Crippen LogP contribution in [0.15, 0.2) is 34.8 Å². The van der Waals surface area contributed by atoms with Crippen molar-refractivity contribution in [3.8, 4) is 0 Å². The van der Waals surface area contributed by atoms with Gasteiger partial charge < -0.3 is 0 Å². The SMILES string of the molecule is O=S(=O)(CCCCl)Nc1ccc(F)c(F)c1Cc1ccc(C(F)(F)F)cc1Br. The van der Waals surface area contributed by atoms with Crippen LogP contribution in [0.2, 0.25) is 0 Å². The first-order valence-electron chi connectivity index (χ1n) is 7.83. The summed E-state index contributed by atoms with van der Waals surface area (Å²) in [5, 5.41) is 0. The maximum absolute atomic E-state index is 14.3. The summed E-state index contributed by atoms with van der Waals surface area (Å²) in [6.07, 6.45) is -4.75. The molecular weight excluding hydrogens is 493 g/mol. The van der Waals surface area contributed by atoms with Gasteiger partial charge in [0.1, 0.15) is 0 Å². The predicted molar refractivity (Wildman–Crippen MR) is 101 cm³/mol. The van der Waals surface area contributed by atoms with Gasteiger partial charge in [-0.2, -0.15) is 13.2 Å². The lowest BCUT2D eigenvalue weighted by molar-refractivity contribution is -0.137. The first kappa shape index (κ1) is 22.9. The van der Waals surface area contributed by atoms with Gasteiger partial charge in [0.15, 0.2) is 11.6 Å². The summed E-state index contributed by atoms with van der Waals surface area (Å²) in [6, 6.07) is 4.56. The number of rotatable bonds is 7. The molecule has 3 nitrogen and oxygen atoms in total. The number of hydrogen-bond acceptors (Lipinski definition) is 2. The number of alkyl halides is 4. The Labute approximate surface area is 172 Å². The maximum atomic E-state index is 14.3.